The normalized spacial score (nSPS) is 34.5. The Labute approximate surface area is 83.1 Å². The number of aliphatic carboxylic acids is 1. The summed E-state index contributed by atoms with van der Waals surface area (Å²) in [5.74, 6) is 0.969. The van der Waals surface area contributed by atoms with Crippen molar-refractivity contribution in [3.63, 3.8) is 0 Å². The molecule has 0 unspecified atom stereocenters. The minimum atomic E-state index is -0.936. The molecule has 1 fully saturated rings. The number of carboxylic acids is 1. The van der Waals surface area contributed by atoms with Crippen molar-refractivity contribution in [2.75, 3.05) is 12.0 Å². The largest absolute Gasteiger partial charge is 0.480 e. The first-order valence-electron chi connectivity index (χ1n) is 4.60. The standard InChI is InChI=1S/C9H17NO2S/c1-13-6-7-2-4-9(10,5-3-7)8(11)12/h7H,2-6,10H2,1H3,(H,11,12). The molecule has 13 heavy (non-hydrogen) atoms. The van der Waals surface area contributed by atoms with Gasteiger partial charge in [0.1, 0.15) is 5.54 Å². The van der Waals surface area contributed by atoms with Crippen molar-refractivity contribution in [2.24, 2.45) is 11.7 Å². The molecule has 0 saturated heterocycles. The lowest BCUT2D eigenvalue weighted by Crippen LogP contribution is -2.50. The van der Waals surface area contributed by atoms with Crippen LogP contribution in [0.4, 0.5) is 0 Å². The Morgan fingerprint density at radius 1 is 1.62 bits per heavy atom. The second-order valence-electron chi connectivity index (χ2n) is 3.86. The molecule has 0 spiro atoms. The van der Waals surface area contributed by atoms with E-state index in [1.54, 1.807) is 0 Å². The van der Waals surface area contributed by atoms with Crippen molar-refractivity contribution < 1.29 is 9.90 Å². The minimum Gasteiger partial charge on any atom is -0.480 e. The predicted octanol–water partition coefficient (Wildman–Crippen LogP) is 1.32. The number of carbonyl (C=O) groups is 1. The van der Waals surface area contributed by atoms with E-state index < -0.39 is 11.5 Å². The van der Waals surface area contributed by atoms with Crippen molar-refractivity contribution in [1.82, 2.24) is 0 Å². The molecule has 0 amide bonds. The Kier molecular flexibility index (Phi) is 3.62. The number of carboxylic acid groups (broad SMARTS) is 1. The molecule has 1 rings (SSSR count). The van der Waals surface area contributed by atoms with Gasteiger partial charge in [-0.25, -0.2) is 0 Å². The molecule has 3 nitrogen and oxygen atoms in total. The van der Waals surface area contributed by atoms with Crippen LogP contribution in [-0.2, 0) is 4.79 Å². The molecular weight excluding hydrogens is 186 g/mol. The van der Waals surface area contributed by atoms with E-state index in [0.717, 1.165) is 18.6 Å². The average Bonchev–Trinajstić information content (AvgIpc) is 2.09. The van der Waals surface area contributed by atoms with Crippen molar-refractivity contribution in [1.29, 1.82) is 0 Å². The first-order chi connectivity index (χ1) is 6.08. The molecule has 0 aliphatic heterocycles. The summed E-state index contributed by atoms with van der Waals surface area (Å²) in [7, 11) is 0. The Morgan fingerprint density at radius 2 is 2.15 bits per heavy atom. The summed E-state index contributed by atoms with van der Waals surface area (Å²) in [5.41, 5.74) is 4.82. The van der Waals surface area contributed by atoms with Crippen molar-refractivity contribution in [3.05, 3.63) is 0 Å². The molecule has 0 aromatic heterocycles. The molecule has 0 aromatic carbocycles. The molecule has 1 aliphatic carbocycles. The first-order valence-corrected chi connectivity index (χ1v) is 5.99. The quantitative estimate of drug-likeness (QED) is 0.726. The third-order valence-corrected chi connectivity index (χ3v) is 3.63. The second kappa shape index (κ2) is 4.33. The molecule has 0 aromatic rings. The Morgan fingerprint density at radius 3 is 2.54 bits per heavy atom. The van der Waals surface area contributed by atoms with E-state index >= 15 is 0 Å². The van der Waals surface area contributed by atoms with Gasteiger partial charge in [-0.15, -0.1) is 0 Å². The van der Waals surface area contributed by atoms with Crippen molar-refractivity contribution in [2.45, 2.75) is 31.2 Å². The van der Waals surface area contributed by atoms with Crippen LogP contribution in [0.2, 0.25) is 0 Å². The SMILES string of the molecule is CSCC1CCC(N)(C(=O)O)CC1. The lowest BCUT2D eigenvalue weighted by atomic mass is 9.78. The Hall–Kier alpha value is -0.220. The summed E-state index contributed by atoms with van der Waals surface area (Å²) in [6, 6.07) is 0. The summed E-state index contributed by atoms with van der Waals surface area (Å²) < 4.78 is 0. The zero-order chi connectivity index (χ0) is 9.90. The molecule has 0 bridgehead atoms. The maximum Gasteiger partial charge on any atom is 0.323 e. The highest BCUT2D eigenvalue weighted by atomic mass is 32.2. The summed E-state index contributed by atoms with van der Waals surface area (Å²) in [6.07, 6.45) is 5.27. The summed E-state index contributed by atoms with van der Waals surface area (Å²) in [4.78, 5) is 10.8. The van der Waals surface area contributed by atoms with Gasteiger partial charge >= 0.3 is 5.97 Å². The van der Waals surface area contributed by atoms with Crippen LogP contribution in [0, 0.1) is 5.92 Å². The van der Waals surface area contributed by atoms with Gasteiger partial charge in [-0.2, -0.15) is 11.8 Å². The van der Waals surface area contributed by atoms with Crippen LogP contribution in [0.25, 0.3) is 0 Å². The van der Waals surface area contributed by atoms with E-state index in [1.165, 1.54) is 0 Å². The van der Waals surface area contributed by atoms with Crippen LogP contribution >= 0.6 is 11.8 Å². The fraction of sp³-hybridized carbons (Fsp3) is 0.889. The highest BCUT2D eigenvalue weighted by Crippen LogP contribution is 2.31. The Balaban J connectivity index is 2.42. The zero-order valence-electron chi connectivity index (χ0n) is 7.95. The number of hydrogen-bond donors (Lipinski definition) is 2. The number of nitrogens with two attached hydrogens (primary N) is 1. The van der Waals surface area contributed by atoms with Gasteiger partial charge in [0, 0.05) is 0 Å². The lowest BCUT2D eigenvalue weighted by Gasteiger charge is -2.33. The summed E-state index contributed by atoms with van der Waals surface area (Å²) >= 11 is 1.83. The molecule has 1 aliphatic rings. The van der Waals surface area contributed by atoms with E-state index in [9.17, 15) is 4.79 Å². The first kappa shape index (κ1) is 10.9. The van der Waals surface area contributed by atoms with Gasteiger partial charge in [0.05, 0.1) is 0 Å². The molecular formula is C9H17NO2S. The summed E-state index contributed by atoms with van der Waals surface area (Å²) in [6.45, 7) is 0. The third kappa shape index (κ3) is 2.61. The van der Waals surface area contributed by atoms with Gasteiger partial charge in [0.15, 0.2) is 0 Å². The molecule has 0 atom stereocenters. The van der Waals surface area contributed by atoms with Crippen LogP contribution < -0.4 is 5.73 Å². The molecule has 76 valence electrons. The van der Waals surface area contributed by atoms with Gasteiger partial charge in [-0.05, 0) is 43.6 Å². The van der Waals surface area contributed by atoms with E-state index in [2.05, 4.69) is 6.26 Å². The van der Waals surface area contributed by atoms with Gasteiger partial charge in [-0.3, -0.25) is 4.79 Å². The van der Waals surface area contributed by atoms with Crippen LogP contribution in [-0.4, -0.2) is 28.6 Å². The predicted molar refractivity (Wildman–Crippen MR) is 54.9 cm³/mol. The van der Waals surface area contributed by atoms with Crippen molar-refractivity contribution in [3.8, 4) is 0 Å². The molecule has 0 heterocycles. The maximum absolute atomic E-state index is 10.8. The summed E-state index contributed by atoms with van der Waals surface area (Å²) in [5, 5.41) is 8.88. The minimum absolute atomic E-state index is 0.633. The number of thioether (sulfide) groups is 1. The average molecular weight is 203 g/mol. The maximum atomic E-state index is 10.8. The zero-order valence-corrected chi connectivity index (χ0v) is 8.77. The molecule has 4 heteroatoms. The van der Waals surface area contributed by atoms with E-state index in [1.807, 2.05) is 11.8 Å². The van der Waals surface area contributed by atoms with E-state index in [0.29, 0.717) is 18.8 Å². The van der Waals surface area contributed by atoms with Gasteiger partial charge in [0.2, 0.25) is 0 Å². The fourth-order valence-corrected chi connectivity index (χ4v) is 2.61. The molecule has 1 saturated carbocycles. The highest BCUT2D eigenvalue weighted by molar-refractivity contribution is 7.98. The monoisotopic (exact) mass is 203 g/mol. The van der Waals surface area contributed by atoms with E-state index in [4.69, 9.17) is 10.8 Å². The smallest absolute Gasteiger partial charge is 0.323 e. The fourth-order valence-electron chi connectivity index (χ4n) is 1.81. The topological polar surface area (TPSA) is 63.3 Å². The van der Waals surface area contributed by atoms with Gasteiger partial charge < -0.3 is 10.8 Å². The molecule has 0 radical (unpaired) electrons. The number of hydrogen-bond acceptors (Lipinski definition) is 3. The van der Waals surface area contributed by atoms with Crippen LogP contribution in [0.5, 0.6) is 0 Å². The highest BCUT2D eigenvalue weighted by Gasteiger charge is 2.37. The van der Waals surface area contributed by atoms with Gasteiger partial charge in [-0.1, -0.05) is 0 Å². The third-order valence-electron chi connectivity index (χ3n) is 2.83. The Bertz CT molecular complexity index is 188. The van der Waals surface area contributed by atoms with Crippen LogP contribution in [0.15, 0.2) is 0 Å². The number of rotatable bonds is 3. The lowest BCUT2D eigenvalue weighted by molar-refractivity contribution is -0.144. The van der Waals surface area contributed by atoms with Gasteiger partial charge in [0.25, 0.3) is 0 Å². The van der Waals surface area contributed by atoms with Crippen LogP contribution in [0.1, 0.15) is 25.7 Å². The second-order valence-corrected chi connectivity index (χ2v) is 4.77. The van der Waals surface area contributed by atoms with Crippen LogP contribution in [0.3, 0.4) is 0 Å². The van der Waals surface area contributed by atoms with Crippen molar-refractivity contribution >= 4 is 17.7 Å². The van der Waals surface area contributed by atoms with E-state index in [-0.39, 0.29) is 0 Å². The molecule has 3 N–H and O–H groups in total.